The van der Waals surface area contributed by atoms with E-state index in [1.807, 2.05) is 12.2 Å². The second-order valence-corrected chi connectivity index (χ2v) is 6.72. The molecule has 26 heavy (non-hydrogen) atoms. The second-order valence-electron chi connectivity index (χ2n) is 6.72. The van der Waals surface area contributed by atoms with Crippen molar-refractivity contribution in [3.63, 3.8) is 0 Å². The molecule has 2 bridgehead atoms. The molecule has 4 atom stereocenters. The molecular formula is C18H16F2N2O4. The lowest BCUT2D eigenvalue weighted by atomic mass is 9.85. The molecule has 1 heterocycles. The molecule has 2 aliphatic carbocycles. The van der Waals surface area contributed by atoms with E-state index in [1.54, 1.807) is 0 Å². The number of amides is 3. The van der Waals surface area contributed by atoms with Crippen LogP contribution in [0.4, 0.5) is 14.5 Å². The van der Waals surface area contributed by atoms with Gasteiger partial charge in [0.05, 0.1) is 11.8 Å². The van der Waals surface area contributed by atoms with E-state index in [2.05, 4.69) is 10.1 Å². The van der Waals surface area contributed by atoms with E-state index in [1.165, 1.54) is 24.3 Å². The molecule has 1 aromatic carbocycles. The number of rotatable bonds is 5. The maximum atomic E-state index is 12.5. The predicted molar refractivity (Wildman–Crippen MR) is 86.1 cm³/mol. The number of imide groups is 1. The van der Waals surface area contributed by atoms with Crippen LogP contribution in [0.2, 0.25) is 0 Å². The SMILES string of the molecule is O=C(CN1C(=O)C2C3C=CC(C3)C2C1=O)Nc1cccc(OC(F)F)c1. The zero-order valence-corrected chi connectivity index (χ0v) is 13.6. The number of nitrogens with zero attached hydrogens (tertiary/aromatic N) is 1. The highest BCUT2D eigenvalue weighted by Gasteiger charge is 2.59. The number of fused-ring (bicyclic) bond motifs is 5. The van der Waals surface area contributed by atoms with Gasteiger partial charge in [-0.25, -0.2) is 0 Å². The van der Waals surface area contributed by atoms with Crippen molar-refractivity contribution in [2.45, 2.75) is 13.0 Å². The molecule has 0 radical (unpaired) electrons. The van der Waals surface area contributed by atoms with Crippen molar-refractivity contribution in [1.29, 1.82) is 0 Å². The quantitative estimate of drug-likeness (QED) is 0.642. The Hall–Kier alpha value is -2.77. The third-order valence-corrected chi connectivity index (χ3v) is 5.21. The number of carbonyl (C=O) groups is 3. The molecule has 1 saturated heterocycles. The van der Waals surface area contributed by atoms with Crippen molar-refractivity contribution < 1.29 is 27.9 Å². The Morgan fingerprint density at radius 2 is 1.85 bits per heavy atom. The molecule has 4 unspecified atom stereocenters. The van der Waals surface area contributed by atoms with Crippen LogP contribution in [0, 0.1) is 23.7 Å². The fourth-order valence-corrected chi connectivity index (χ4v) is 4.21. The highest BCUT2D eigenvalue weighted by atomic mass is 19.3. The van der Waals surface area contributed by atoms with E-state index < -0.39 is 12.5 Å². The molecule has 8 heteroatoms. The molecular weight excluding hydrogens is 346 g/mol. The van der Waals surface area contributed by atoms with Crippen molar-refractivity contribution in [2.75, 3.05) is 11.9 Å². The fraction of sp³-hybridized carbons (Fsp3) is 0.389. The Labute approximate surface area is 147 Å². The standard InChI is InChI=1S/C18H16F2N2O4/c19-18(20)26-12-3-1-2-11(7-12)21-13(23)8-22-16(24)14-9-4-5-10(6-9)15(14)17(22)25/h1-5,7,9-10,14-15,18H,6,8H2,(H,21,23). The molecule has 0 aromatic heterocycles. The molecule has 1 N–H and O–H groups in total. The first-order valence-electron chi connectivity index (χ1n) is 8.32. The molecule has 1 saturated carbocycles. The maximum Gasteiger partial charge on any atom is 0.387 e. The van der Waals surface area contributed by atoms with Gasteiger partial charge in [-0.2, -0.15) is 8.78 Å². The predicted octanol–water partition coefficient (Wildman–Crippen LogP) is 2.03. The number of anilines is 1. The van der Waals surface area contributed by atoms with Gasteiger partial charge < -0.3 is 10.1 Å². The summed E-state index contributed by atoms with van der Waals surface area (Å²) in [4.78, 5) is 38.3. The highest BCUT2D eigenvalue weighted by molar-refractivity contribution is 6.09. The largest absolute Gasteiger partial charge is 0.435 e. The molecule has 0 spiro atoms. The minimum Gasteiger partial charge on any atom is -0.435 e. The van der Waals surface area contributed by atoms with Gasteiger partial charge in [-0.1, -0.05) is 18.2 Å². The van der Waals surface area contributed by atoms with Crippen LogP contribution in [0.1, 0.15) is 6.42 Å². The van der Waals surface area contributed by atoms with Crippen molar-refractivity contribution in [1.82, 2.24) is 4.90 Å². The normalized spacial score (nSPS) is 28.8. The summed E-state index contributed by atoms with van der Waals surface area (Å²) in [5.74, 6) is -1.82. The van der Waals surface area contributed by atoms with Crippen molar-refractivity contribution in [2.24, 2.45) is 23.7 Å². The number of likely N-dealkylation sites (tertiary alicyclic amines) is 1. The number of ether oxygens (including phenoxy) is 1. The second kappa shape index (κ2) is 6.19. The molecule has 4 rings (SSSR count). The van der Waals surface area contributed by atoms with Crippen LogP contribution in [0.15, 0.2) is 36.4 Å². The minimum absolute atomic E-state index is 0.0812. The van der Waals surface area contributed by atoms with Crippen LogP contribution in [0.25, 0.3) is 0 Å². The van der Waals surface area contributed by atoms with Crippen LogP contribution in [0.3, 0.4) is 0 Å². The monoisotopic (exact) mass is 362 g/mol. The third kappa shape index (κ3) is 2.75. The molecule has 1 aliphatic heterocycles. The number of nitrogens with one attached hydrogen (secondary N) is 1. The summed E-state index contributed by atoms with van der Waals surface area (Å²) in [6, 6.07) is 5.53. The number of benzene rings is 1. The Morgan fingerprint density at radius 1 is 1.19 bits per heavy atom. The lowest BCUT2D eigenvalue weighted by Crippen LogP contribution is -2.39. The van der Waals surface area contributed by atoms with Crippen molar-refractivity contribution in [3.05, 3.63) is 36.4 Å². The van der Waals surface area contributed by atoms with E-state index in [-0.39, 0.29) is 53.5 Å². The summed E-state index contributed by atoms with van der Waals surface area (Å²) in [5, 5.41) is 2.50. The topological polar surface area (TPSA) is 75.7 Å². The summed E-state index contributed by atoms with van der Waals surface area (Å²) in [7, 11) is 0. The Bertz CT molecular complexity index is 780. The third-order valence-electron chi connectivity index (χ3n) is 5.21. The average Bonchev–Trinajstić information content (AvgIpc) is 3.24. The Morgan fingerprint density at radius 3 is 2.46 bits per heavy atom. The first-order chi connectivity index (χ1) is 12.4. The fourth-order valence-electron chi connectivity index (χ4n) is 4.21. The van der Waals surface area contributed by atoms with Crippen LogP contribution < -0.4 is 10.1 Å². The van der Waals surface area contributed by atoms with Crippen LogP contribution in [0.5, 0.6) is 5.75 Å². The summed E-state index contributed by atoms with van der Waals surface area (Å²) in [6.45, 7) is -3.35. The van der Waals surface area contributed by atoms with E-state index in [9.17, 15) is 23.2 Å². The van der Waals surface area contributed by atoms with Gasteiger partial charge in [-0.15, -0.1) is 0 Å². The highest BCUT2D eigenvalue weighted by Crippen LogP contribution is 2.52. The lowest BCUT2D eigenvalue weighted by molar-refractivity contribution is -0.143. The number of hydrogen-bond donors (Lipinski definition) is 1. The van der Waals surface area contributed by atoms with Gasteiger partial charge >= 0.3 is 6.61 Å². The van der Waals surface area contributed by atoms with Gasteiger partial charge in [-0.3, -0.25) is 19.3 Å². The van der Waals surface area contributed by atoms with Gasteiger partial charge in [0, 0.05) is 11.8 Å². The first kappa shape index (κ1) is 16.7. The summed E-state index contributed by atoms with van der Waals surface area (Å²) >= 11 is 0. The molecule has 136 valence electrons. The summed E-state index contributed by atoms with van der Waals surface area (Å²) in [6.07, 6.45) is 4.79. The molecule has 3 amide bonds. The molecule has 2 fully saturated rings. The number of allylic oxidation sites excluding steroid dienone is 2. The Kier molecular flexibility index (Phi) is 3.97. The number of alkyl halides is 2. The van der Waals surface area contributed by atoms with E-state index >= 15 is 0 Å². The van der Waals surface area contributed by atoms with Crippen LogP contribution >= 0.6 is 0 Å². The molecule has 6 nitrogen and oxygen atoms in total. The van der Waals surface area contributed by atoms with Gasteiger partial charge in [0.1, 0.15) is 12.3 Å². The first-order valence-corrected chi connectivity index (χ1v) is 8.32. The summed E-state index contributed by atoms with van der Waals surface area (Å²) in [5.41, 5.74) is 0.245. The number of carbonyl (C=O) groups excluding carboxylic acids is 3. The van der Waals surface area contributed by atoms with Crippen molar-refractivity contribution >= 4 is 23.4 Å². The Balaban J connectivity index is 1.41. The van der Waals surface area contributed by atoms with E-state index in [0.29, 0.717) is 0 Å². The minimum atomic E-state index is -2.97. The van der Waals surface area contributed by atoms with Crippen LogP contribution in [-0.4, -0.2) is 35.8 Å². The maximum absolute atomic E-state index is 12.5. The lowest BCUT2D eigenvalue weighted by Gasteiger charge is -2.17. The number of hydrogen-bond acceptors (Lipinski definition) is 4. The van der Waals surface area contributed by atoms with Gasteiger partial charge in [-0.05, 0) is 30.4 Å². The van der Waals surface area contributed by atoms with E-state index in [4.69, 9.17) is 0 Å². The van der Waals surface area contributed by atoms with E-state index in [0.717, 1.165) is 11.3 Å². The average molecular weight is 362 g/mol. The van der Waals surface area contributed by atoms with Gasteiger partial charge in [0.15, 0.2) is 0 Å². The molecule has 1 aromatic rings. The zero-order chi connectivity index (χ0) is 18.4. The molecule has 3 aliphatic rings. The number of halogens is 2. The summed E-state index contributed by atoms with van der Waals surface area (Å²) < 4.78 is 28.8. The van der Waals surface area contributed by atoms with Gasteiger partial charge in [0.2, 0.25) is 17.7 Å². The smallest absolute Gasteiger partial charge is 0.387 e. The van der Waals surface area contributed by atoms with Crippen LogP contribution in [-0.2, 0) is 14.4 Å². The van der Waals surface area contributed by atoms with Gasteiger partial charge in [0.25, 0.3) is 0 Å². The zero-order valence-electron chi connectivity index (χ0n) is 13.6. The van der Waals surface area contributed by atoms with Crippen molar-refractivity contribution in [3.8, 4) is 5.75 Å².